The van der Waals surface area contributed by atoms with E-state index in [4.69, 9.17) is 16.1 Å². The lowest BCUT2D eigenvalue weighted by Crippen LogP contribution is -2.41. The van der Waals surface area contributed by atoms with E-state index in [1.807, 2.05) is 12.1 Å². The first-order valence-electron chi connectivity index (χ1n) is 11.7. The maximum Gasteiger partial charge on any atom is 0.233 e. The van der Waals surface area contributed by atoms with E-state index in [-0.39, 0.29) is 48.4 Å². The summed E-state index contributed by atoms with van der Waals surface area (Å²) in [5.41, 5.74) is 0.818. The number of likely N-dealkylation sites (tertiary alicyclic amines) is 2. The monoisotopic (exact) mass is 470 g/mol. The summed E-state index contributed by atoms with van der Waals surface area (Å²) < 4.78 is 5.51. The molecule has 1 saturated carbocycles. The molecule has 3 aliphatic rings. The lowest BCUT2D eigenvalue weighted by molar-refractivity contribution is -0.141. The number of imide groups is 1. The van der Waals surface area contributed by atoms with Gasteiger partial charge in [0.15, 0.2) is 0 Å². The molecule has 8 nitrogen and oxygen atoms in total. The van der Waals surface area contributed by atoms with E-state index in [0.717, 1.165) is 44.1 Å². The highest BCUT2D eigenvalue weighted by Crippen LogP contribution is 2.38. The summed E-state index contributed by atoms with van der Waals surface area (Å²) >= 11 is 5.94. The van der Waals surface area contributed by atoms with Gasteiger partial charge in [-0.3, -0.25) is 19.3 Å². The summed E-state index contributed by atoms with van der Waals surface area (Å²) in [6.45, 7) is 1.32. The number of carbonyl (C=O) groups is 3. The van der Waals surface area contributed by atoms with Crippen LogP contribution in [0.3, 0.4) is 0 Å². The number of rotatable bonds is 5. The third-order valence-electron chi connectivity index (χ3n) is 7.15. The highest BCUT2D eigenvalue weighted by Gasteiger charge is 2.48. The summed E-state index contributed by atoms with van der Waals surface area (Å²) in [5.74, 6) is 0.413. The quantitative estimate of drug-likeness (QED) is 0.618. The Morgan fingerprint density at radius 3 is 2.42 bits per heavy atom. The fourth-order valence-electron chi connectivity index (χ4n) is 5.34. The summed E-state index contributed by atoms with van der Waals surface area (Å²) in [4.78, 5) is 45.9. The molecule has 0 radical (unpaired) electrons. The average Bonchev–Trinajstić information content (AvgIpc) is 3.43. The number of hydrogen-bond acceptors (Lipinski definition) is 6. The predicted molar refractivity (Wildman–Crippen MR) is 120 cm³/mol. The van der Waals surface area contributed by atoms with Crippen LogP contribution >= 0.6 is 11.6 Å². The van der Waals surface area contributed by atoms with Crippen LogP contribution in [-0.2, 0) is 14.4 Å². The first-order valence-corrected chi connectivity index (χ1v) is 12.1. The van der Waals surface area contributed by atoms with Gasteiger partial charge in [0, 0.05) is 36.6 Å². The molecule has 9 heteroatoms. The number of benzene rings is 1. The molecule has 2 saturated heterocycles. The first kappa shape index (κ1) is 22.1. The fraction of sp³-hybridized carbons (Fsp3) is 0.542. The molecule has 1 aliphatic carbocycles. The molecule has 5 rings (SSSR count). The number of carbonyl (C=O) groups excluding carboxylic acids is 3. The Morgan fingerprint density at radius 1 is 1.03 bits per heavy atom. The van der Waals surface area contributed by atoms with Gasteiger partial charge in [0.05, 0.1) is 17.8 Å². The molecule has 0 bridgehead atoms. The molecule has 1 aromatic heterocycles. The van der Waals surface area contributed by atoms with Crippen molar-refractivity contribution in [2.24, 2.45) is 11.8 Å². The van der Waals surface area contributed by atoms with Crippen molar-refractivity contribution in [3.63, 3.8) is 0 Å². The third-order valence-corrected chi connectivity index (χ3v) is 7.40. The lowest BCUT2D eigenvalue weighted by atomic mass is 9.81. The zero-order chi connectivity index (χ0) is 22.9. The zero-order valence-corrected chi connectivity index (χ0v) is 19.2. The standard InChI is InChI=1S/C24H27ClN4O4/c25-17-9-7-15(8-10-17)21-26-22(33-27-21)16-4-3-12-28(14-16)20(30)11-13-29-23(31)18-5-1-2-6-19(18)24(29)32/h7-10,16,18-19H,1-6,11-14H2/t16-,18+,19+/m0/s1. The molecule has 0 N–H and O–H groups in total. The van der Waals surface area contributed by atoms with E-state index in [9.17, 15) is 14.4 Å². The van der Waals surface area contributed by atoms with Crippen LogP contribution in [0.25, 0.3) is 11.4 Å². The topological polar surface area (TPSA) is 96.6 Å². The third kappa shape index (κ3) is 4.40. The zero-order valence-electron chi connectivity index (χ0n) is 18.4. The maximum absolute atomic E-state index is 12.9. The summed E-state index contributed by atoms with van der Waals surface area (Å²) in [6.07, 6.45) is 5.42. The largest absolute Gasteiger partial charge is 0.342 e. The van der Waals surface area contributed by atoms with E-state index >= 15 is 0 Å². The number of piperidine rings is 1. The smallest absolute Gasteiger partial charge is 0.233 e. The number of fused-ring (bicyclic) bond motifs is 1. The Balaban J connectivity index is 1.19. The molecule has 1 aromatic carbocycles. The van der Waals surface area contributed by atoms with Gasteiger partial charge in [-0.05, 0) is 49.9 Å². The molecule has 2 aliphatic heterocycles. The highest BCUT2D eigenvalue weighted by atomic mass is 35.5. The molecular weight excluding hydrogens is 444 g/mol. The van der Waals surface area contributed by atoms with E-state index in [1.165, 1.54) is 4.90 Å². The second-order valence-corrected chi connectivity index (χ2v) is 9.65. The van der Waals surface area contributed by atoms with Gasteiger partial charge in [-0.15, -0.1) is 0 Å². The normalized spacial score (nSPS) is 25.4. The van der Waals surface area contributed by atoms with Crippen molar-refractivity contribution in [3.05, 3.63) is 35.2 Å². The van der Waals surface area contributed by atoms with Crippen molar-refractivity contribution >= 4 is 29.3 Å². The molecule has 33 heavy (non-hydrogen) atoms. The van der Waals surface area contributed by atoms with Gasteiger partial charge < -0.3 is 9.42 Å². The number of halogens is 1. The van der Waals surface area contributed by atoms with Gasteiger partial charge in [-0.1, -0.05) is 29.6 Å². The van der Waals surface area contributed by atoms with Crippen LogP contribution in [0, 0.1) is 11.8 Å². The fourth-order valence-corrected chi connectivity index (χ4v) is 5.47. The Bertz CT molecular complexity index is 1030. The van der Waals surface area contributed by atoms with Crippen molar-refractivity contribution in [1.29, 1.82) is 0 Å². The van der Waals surface area contributed by atoms with E-state index in [1.54, 1.807) is 17.0 Å². The number of nitrogens with zero attached hydrogens (tertiary/aromatic N) is 4. The summed E-state index contributed by atoms with van der Waals surface area (Å²) in [6, 6.07) is 7.23. The second kappa shape index (κ2) is 9.25. The van der Waals surface area contributed by atoms with Gasteiger partial charge in [0.2, 0.25) is 29.4 Å². The molecule has 0 unspecified atom stereocenters. The van der Waals surface area contributed by atoms with E-state index in [0.29, 0.717) is 29.8 Å². The van der Waals surface area contributed by atoms with Crippen molar-refractivity contribution in [2.45, 2.75) is 50.9 Å². The van der Waals surface area contributed by atoms with Crippen LogP contribution in [-0.4, -0.2) is 57.3 Å². The molecular formula is C24H27ClN4O4. The Hall–Kier alpha value is -2.74. The van der Waals surface area contributed by atoms with Crippen LogP contribution in [0.15, 0.2) is 28.8 Å². The Morgan fingerprint density at radius 2 is 1.73 bits per heavy atom. The van der Waals surface area contributed by atoms with Crippen LogP contribution in [0.5, 0.6) is 0 Å². The number of hydrogen-bond donors (Lipinski definition) is 0. The van der Waals surface area contributed by atoms with Crippen molar-refractivity contribution < 1.29 is 18.9 Å². The van der Waals surface area contributed by atoms with Crippen LogP contribution in [0.2, 0.25) is 5.02 Å². The van der Waals surface area contributed by atoms with Gasteiger partial charge in [0.1, 0.15) is 0 Å². The second-order valence-electron chi connectivity index (χ2n) is 9.22. The van der Waals surface area contributed by atoms with Gasteiger partial charge >= 0.3 is 0 Å². The lowest BCUT2D eigenvalue weighted by Gasteiger charge is -2.31. The van der Waals surface area contributed by atoms with Gasteiger partial charge in [-0.25, -0.2) is 0 Å². The molecule has 3 fully saturated rings. The molecule has 3 atom stereocenters. The molecule has 2 aromatic rings. The molecule has 3 heterocycles. The molecule has 174 valence electrons. The molecule has 0 spiro atoms. The minimum Gasteiger partial charge on any atom is -0.342 e. The van der Waals surface area contributed by atoms with Crippen molar-refractivity contribution in [3.8, 4) is 11.4 Å². The summed E-state index contributed by atoms with van der Waals surface area (Å²) in [7, 11) is 0. The Labute approximate surface area is 197 Å². The van der Waals surface area contributed by atoms with E-state index < -0.39 is 0 Å². The maximum atomic E-state index is 12.9. The van der Waals surface area contributed by atoms with E-state index in [2.05, 4.69) is 10.1 Å². The summed E-state index contributed by atoms with van der Waals surface area (Å²) in [5, 5.41) is 4.73. The van der Waals surface area contributed by atoms with Gasteiger partial charge in [0.25, 0.3) is 0 Å². The van der Waals surface area contributed by atoms with Crippen molar-refractivity contribution in [1.82, 2.24) is 19.9 Å². The minimum atomic E-state index is -0.173. The first-order chi connectivity index (χ1) is 16.0. The van der Waals surface area contributed by atoms with Gasteiger partial charge in [-0.2, -0.15) is 4.98 Å². The number of aromatic nitrogens is 2. The van der Waals surface area contributed by atoms with Crippen molar-refractivity contribution in [2.75, 3.05) is 19.6 Å². The van der Waals surface area contributed by atoms with Crippen LogP contribution in [0.4, 0.5) is 0 Å². The van der Waals surface area contributed by atoms with Crippen LogP contribution in [0.1, 0.15) is 56.8 Å². The average molecular weight is 471 g/mol. The number of amides is 3. The molecule has 3 amide bonds. The minimum absolute atomic E-state index is 0.0332. The van der Waals surface area contributed by atoms with Crippen LogP contribution < -0.4 is 0 Å². The highest BCUT2D eigenvalue weighted by molar-refractivity contribution is 6.30. The predicted octanol–water partition coefficient (Wildman–Crippen LogP) is 3.66. The Kier molecular flexibility index (Phi) is 6.19. The SMILES string of the molecule is O=C(CCN1C(=O)[C@@H]2CCCC[C@H]2C1=O)N1CCC[C@H](c2nc(-c3ccc(Cl)cc3)no2)C1.